The third-order valence-corrected chi connectivity index (χ3v) is 6.15. The Bertz CT molecular complexity index is 1430. The van der Waals surface area contributed by atoms with Crippen LogP contribution < -0.4 is 15.0 Å². The van der Waals surface area contributed by atoms with Crippen molar-refractivity contribution in [1.82, 2.24) is 30.1 Å². The van der Waals surface area contributed by atoms with Crippen LogP contribution in [0.1, 0.15) is 27.2 Å². The first-order valence-electron chi connectivity index (χ1n) is 12.2. The lowest BCUT2D eigenvalue weighted by Gasteiger charge is -2.37. The van der Waals surface area contributed by atoms with Gasteiger partial charge in [0.1, 0.15) is 23.8 Å². The second kappa shape index (κ2) is 10.0. The summed E-state index contributed by atoms with van der Waals surface area (Å²) in [7, 11) is 0. The molecule has 3 N–H and O–H groups in total. The van der Waals surface area contributed by atoms with Crippen LogP contribution in [0.25, 0.3) is 27.7 Å². The fourth-order valence-corrected chi connectivity index (χ4v) is 4.50. The number of hydrogen-bond acceptors (Lipinski definition) is 8. The van der Waals surface area contributed by atoms with E-state index >= 15 is 0 Å². The van der Waals surface area contributed by atoms with Crippen LogP contribution in [-0.4, -0.2) is 79.9 Å². The van der Waals surface area contributed by atoms with Crippen molar-refractivity contribution in [3.63, 3.8) is 0 Å². The van der Waals surface area contributed by atoms with Gasteiger partial charge in [0.2, 0.25) is 0 Å². The summed E-state index contributed by atoms with van der Waals surface area (Å²) < 4.78 is 37.7. The van der Waals surface area contributed by atoms with Crippen LogP contribution >= 0.6 is 0 Å². The van der Waals surface area contributed by atoms with Gasteiger partial charge in [-0.1, -0.05) is 0 Å². The summed E-state index contributed by atoms with van der Waals surface area (Å²) in [4.78, 5) is 18.6. The van der Waals surface area contributed by atoms with Crippen molar-refractivity contribution < 1.29 is 28.2 Å². The van der Waals surface area contributed by atoms with Gasteiger partial charge < -0.3 is 24.8 Å². The first-order valence-corrected chi connectivity index (χ1v) is 12.2. The second-order valence-corrected chi connectivity index (χ2v) is 10.2. The molecule has 1 fully saturated rings. The average molecular weight is 530 g/mol. The Hall–Kier alpha value is -4.00. The Kier molecular flexibility index (Phi) is 6.78. The third-order valence-electron chi connectivity index (χ3n) is 6.15. The summed E-state index contributed by atoms with van der Waals surface area (Å²) in [5, 5.41) is 25.5. The lowest BCUT2D eigenvalue weighted by atomic mass is 10.0. The van der Waals surface area contributed by atoms with E-state index in [1.807, 2.05) is 17.0 Å². The van der Waals surface area contributed by atoms with Gasteiger partial charge in [0.15, 0.2) is 5.65 Å². The number of rotatable bonds is 6. The summed E-state index contributed by atoms with van der Waals surface area (Å²) in [6.07, 6.45) is 1.43. The fraction of sp³-hybridized carbons (Fsp3) is 0.440. The van der Waals surface area contributed by atoms with Crippen molar-refractivity contribution in [2.75, 3.05) is 24.6 Å². The second-order valence-electron chi connectivity index (χ2n) is 10.2. The van der Waals surface area contributed by atoms with Crippen molar-refractivity contribution >= 4 is 28.5 Å². The maximum absolute atomic E-state index is 12.8. The van der Waals surface area contributed by atoms with Crippen molar-refractivity contribution in [2.24, 2.45) is 0 Å². The topological polar surface area (TPSA) is 130 Å². The van der Waals surface area contributed by atoms with Crippen LogP contribution in [0.4, 0.5) is 19.4 Å². The molecule has 202 valence electrons. The van der Waals surface area contributed by atoms with E-state index in [0.29, 0.717) is 30.0 Å². The number of halogens is 2. The molecule has 38 heavy (non-hydrogen) atoms. The number of fused-ring (bicyclic) bond motifs is 3. The van der Waals surface area contributed by atoms with Crippen LogP contribution in [0.3, 0.4) is 0 Å². The highest BCUT2D eigenvalue weighted by Crippen LogP contribution is 2.33. The van der Waals surface area contributed by atoms with Gasteiger partial charge >= 0.3 is 6.09 Å². The Morgan fingerprint density at radius 2 is 2.13 bits per heavy atom. The third kappa shape index (κ3) is 5.47. The number of ether oxygens (including phenoxy) is 2. The predicted molar refractivity (Wildman–Crippen MR) is 136 cm³/mol. The molecule has 13 heteroatoms. The number of carbonyl (C=O) groups is 1. The highest BCUT2D eigenvalue weighted by Gasteiger charge is 2.31. The zero-order valence-electron chi connectivity index (χ0n) is 21.2. The van der Waals surface area contributed by atoms with Gasteiger partial charge in [-0.3, -0.25) is 5.10 Å². The lowest BCUT2D eigenvalue weighted by molar-refractivity contribution is 0.0402. The number of H-pyrrole nitrogens is 1. The molecule has 4 aromatic heterocycles. The molecule has 0 aromatic carbocycles. The average Bonchev–Trinajstić information content (AvgIpc) is 3.44. The molecule has 2 atom stereocenters. The molecule has 0 aliphatic carbocycles. The van der Waals surface area contributed by atoms with E-state index in [4.69, 9.17) is 9.47 Å². The van der Waals surface area contributed by atoms with E-state index in [-0.39, 0.29) is 12.3 Å². The van der Waals surface area contributed by atoms with E-state index in [2.05, 4.69) is 25.6 Å². The monoisotopic (exact) mass is 529 g/mol. The highest BCUT2D eigenvalue weighted by atomic mass is 19.3. The van der Waals surface area contributed by atoms with Gasteiger partial charge in [0, 0.05) is 30.4 Å². The summed E-state index contributed by atoms with van der Waals surface area (Å²) in [6, 6.07) is 4.95. The van der Waals surface area contributed by atoms with Crippen LogP contribution in [0.15, 0.2) is 36.8 Å². The molecule has 1 aliphatic rings. The van der Waals surface area contributed by atoms with Gasteiger partial charge in [0.25, 0.3) is 6.43 Å². The van der Waals surface area contributed by atoms with Gasteiger partial charge in [-0.25, -0.2) is 23.1 Å². The van der Waals surface area contributed by atoms with Crippen LogP contribution in [0, 0.1) is 0 Å². The van der Waals surface area contributed by atoms with Crippen molar-refractivity contribution in [3.05, 3.63) is 36.8 Å². The van der Waals surface area contributed by atoms with Crippen LogP contribution in [-0.2, 0) is 4.74 Å². The number of carbonyl (C=O) groups excluding carboxylic acids is 1. The van der Waals surface area contributed by atoms with Crippen LogP contribution in [0.2, 0.25) is 0 Å². The molecule has 4 aromatic rings. The molecule has 0 unspecified atom stereocenters. The van der Waals surface area contributed by atoms with E-state index in [1.165, 1.54) is 0 Å². The standard InChI is InChI=1S/C25H29F2N7O4/c1-25(2,3)38-24(36)30-18-6-7-33(12-19(18)35)21-5-4-14(9-28-21)16-8-15(37-13-20(26)27)11-34-22(16)17-10-29-31-23(17)32-34/h4-5,8-11,18-20,35H,6-7,12-13H2,1-3H3,(H,30,36)(H,31,32)/t18-,19+/m0/s1. The molecule has 5 rings (SSSR count). The number of β-amino-alcohol motifs (C(OH)–C–C–N with tert-alkyl or cyclic N) is 1. The summed E-state index contributed by atoms with van der Waals surface area (Å²) in [5.74, 6) is 0.907. The van der Waals surface area contributed by atoms with Crippen LogP contribution in [0.5, 0.6) is 5.75 Å². The van der Waals surface area contributed by atoms with Crippen molar-refractivity contribution in [1.29, 1.82) is 0 Å². The quantitative estimate of drug-likeness (QED) is 0.347. The number of alkyl halides is 2. The molecule has 11 nitrogen and oxygen atoms in total. The number of aliphatic hydroxyl groups excluding tert-OH is 1. The summed E-state index contributed by atoms with van der Waals surface area (Å²) >= 11 is 0. The molecular weight excluding hydrogens is 500 g/mol. The number of pyridine rings is 2. The maximum Gasteiger partial charge on any atom is 0.407 e. The van der Waals surface area contributed by atoms with E-state index in [9.17, 15) is 18.7 Å². The SMILES string of the molecule is CC(C)(C)OC(=O)N[C@H]1CCN(c2ccc(-c3cc(OCC(F)F)cn4nc5[nH]ncc5c34)cn2)C[C@H]1O. The fourth-order valence-electron chi connectivity index (χ4n) is 4.50. The summed E-state index contributed by atoms with van der Waals surface area (Å²) in [5.41, 5.74) is 2.09. The minimum atomic E-state index is -2.61. The van der Waals surface area contributed by atoms with E-state index in [1.54, 1.807) is 49.9 Å². The first kappa shape index (κ1) is 25.6. The normalized spacial score (nSPS) is 18.3. The Morgan fingerprint density at radius 3 is 2.82 bits per heavy atom. The van der Waals surface area contributed by atoms with E-state index < -0.39 is 36.9 Å². The maximum atomic E-state index is 12.8. The Morgan fingerprint density at radius 1 is 1.32 bits per heavy atom. The number of aromatic nitrogens is 5. The summed E-state index contributed by atoms with van der Waals surface area (Å²) in [6.45, 7) is 5.47. The number of hydrogen-bond donors (Lipinski definition) is 3. The minimum absolute atomic E-state index is 0.248. The minimum Gasteiger partial charge on any atom is -0.486 e. The number of nitrogens with zero attached hydrogens (tertiary/aromatic N) is 5. The largest absolute Gasteiger partial charge is 0.486 e. The smallest absolute Gasteiger partial charge is 0.407 e. The van der Waals surface area contributed by atoms with E-state index in [0.717, 1.165) is 16.5 Å². The molecule has 0 bridgehead atoms. The number of amides is 1. The molecule has 1 amide bonds. The zero-order chi connectivity index (χ0) is 27.0. The van der Waals surface area contributed by atoms with Crippen molar-refractivity contribution in [3.8, 4) is 16.9 Å². The Labute approximate surface area is 216 Å². The molecule has 5 heterocycles. The Balaban J connectivity index is 1.35. The molecule has 1 saturated heterocycles. The van der Waals surface area contributed by atoms with Gasteiger partial charge in [0.05, 0.1) is 35.4 Å². The van der Waals surface area contributed by atoms with Gasteiger partial charge in [-0.05, 0) is 45.4 Å². The van der Waals surface area contributed by atoms with Crippen molar-refractivity contribution in [2.45, 2.75) is 51.4 Å². The van der Waals surface area contributed by atoms with Gasteiger partial charge in [-0.15, -0.1) is 5.10 Å². The molecule has 0 radical (unpaired) electrons. The molecule has 0 saturated carbocycles. The molecule has 1 aliphatic heterocycles. The zero-order valence-corrected chi connectivity index (χ0v) is 21.2. The van der Waals surface area contributed by atoms with Gasteiger partial charge in [-0.2, -0.15) is 5.10 Å². The molecule has 0 spiro atoms. The number of aromatic amines is 1. The number of aliphatic hydroxyl groups is 1. The predicted octanol–water partition coefficient (Wildman–Crippen LogP) is 3.38. The number of anilines is 1. The number of alkyl carbamates (subject to hydrolysis) is 1. The highest BCUT2D eigenvalue weighted by molar-refractivity contribution is 6.00. The number of piperidine rings is 1. The number of nitrogens with one attached hydrogen (secondary N) is 2. The molecular formula is C25H29F2N7O4. The lowest BCUT2D eigenvalue weighted by Crippen LogP contribution is -2.55. The first-order chi connectivity index (χ1) is 18.1.